The third-order valence-corrected chi connectivity index (χ3v) is 4.71. The topological polar surface area (TPSA) is 38.8 Å². The van der Waals surface area contributed by atoms with Crippen LogP contribution in [0.1, 0.15) is 30.9 Å². The monoisotopic (exact) mass is 385 g/mol. The first-order valence-electron chi connectivity index (χ1n) is 9.15. The highest BCUT2D eigenvalue weighted by Crippen LogP contribution is 2.37. The number of carbonyl (C=O) groups excluding carboxylic acids is 1. The molecule has 1 fully saturated rings. The van der Waals surface area contributed by atoms with Crippen LogP contribution >= 0.6 is 11.6 Å². The van der Waals surface area contributed by atoms with Crippen molar-refractivity contribution >= 4 is 23.6 Å². The number of hydrogen-bond acceptors (Lipinski definition) is 3. The maximum atomic E-state index is 12.8. The zero-order valence-corrected chi connectivity index (χ0v) is 16.4. The average molecular weight is 386 g/mol. The Morgan fingerprint density at radius 2 is 2.00 bits per heavy atom. The molecule has 5 heteroatoms. The number of benzene rings is 2. The Morgan fingerprint density at radius 3 is 2.63 bits per heavy atom. The molecule has 1 saturated carbocycles. The smallest absolute Gasteiger partial charge is 0.247 e. The van der Waals surface area contributed by atoms with Gasteiger partial charge in [0.25, 0.3) is 0 Å². The molecule has 2 aromatic carbocycles. The second-order valence-electron chi connectivity index (χ2n) is 6.48. The zero-order chi connectivity index (χ0) is 19.2. The molecular formula is C22H24ClNO3. The van der Waals surface area contributed by atoms with Gasteiger partial charge in [0.15, 0.2) is 11.5 Å². The Kier molecular flexibility index (Phi) is 6.40. The highest BCUT2D eigenvalue weighted by molar-refractivity contribution is 6.32. The van der Waals surface area contributed by atoms with E-state index < -0.39 is 0 Å². The second-order valence-corrected chi connectivity index (χ2v) is 6.89. The van der Waals surface area contributed by atoms with Crippen LogP contribution in [0.5, 0.6) is 11.5 Å². The van der Waals surface area contributed by atoms with Crippen molar-refractivity contribution in [3.05, 3.63) is 64.7 Å². The van der Waals surface area contributed by atoms with E-state index >= 15 is 0 Å². The van der Waals surface area contributed by atoms with E-state index in [4.69, 9.17) is 21.1 Å². The van der Waals surface area contributed by atoms with Gasteiger partial charge in [-0.15, -0.1) is 0 Å². The van der Waals surface area contributed by atoms with Gasteiger partial charge in [-0.1, -0.05) is 41.9 Å². The maximum absolute atomic E-state index is 12.8. The normalized spacial score (nSPS) is 13.6. The SMILES string of the molecule is CCOc1c(Cl)cc(/C=C/C(=O)N(Cc2ccccc2)C2CC2)cc1OC. The van der Waals surface area contributed by atoms with E-state index in [0.717, 1.165) is 24.0 Å². The summed E-state index contributed by atoms with van der Waals surface area (Å²) in [5.74, 6) is 1.08. The third-order valence-electron chi connectivity index (χ3n) is 4.43. The Hall–Kier alpha value is -2.46. The Labute approximate surface area is 165 Å². The number of rotatable bonds is 8. The molecule has 0 unspecified atom stereocenters. The van der Waals surface area contributed by atoms with E-state index in [-0.39, 0.29) is 5.91 Å². The van der Waals surface area contributed by atoms with Gasteiger partial charge in [-0.25, -0.2) is 0 Å². The van der Waals surface area contributed by atoms with Gasteiger partial charge in [-0.05, 0) is 49.1 Å². The largest absolute Gasteiger partial charge is 0.493 e. The number of hydrogen-bond donors (Lipinski definition) is 0. The number of methoxy groups -OCH3 is 1. The lowest BCUT2D eigenvalue weighted by molar-refractivity contribution is -0.127. The fourth-order valence-corrected chi connectivity index (χ4v) is 3.21. The summed E-state index contributed by atoms with van der Waals surface area (Å²) in [5, 5.41) is 0.464. The van der Waals surface area contributed by atoms with E-state index in [1.807, 2.05) is 48.2 Å². The molecule has 142 valence electrons. The van der Waals surface area contributed by atoms with Crippen LogP contribution < -0.4 is 9.47 Å². The Bertz CT molecular complexity index is 816. The highest BCUT2D eigenvalue weighted by Gasteiger charge is 2.31. The lowest BCUT2D eigenvalue weighted by Crippen LogP contribution is -2.31. The van der Waals surface area contributed by atoms with Gasteiger partial charge in [-0.3, -0.25) is 4.79 Å². The maximum Gasteiger partial charge on any atom is 0.247 e. The van der Waals surface area contributed by atoms with Crippen LogP contribution in [0.4, 0.5) is 0 Å². The van der Waals surface area contributed by atoms with Gasteiger partial charge in [0.2, 0.25) is 5.91 Å². The molecule has 1 amide bonds. The van der Waals surface area contributed by atoms with Gasteiger partial charge in [-0.2, -0.15) is 0 Å². The molecule has 1 aliphatic rings. The quantitative estimate of drug-likeness (QED) is 0.603. The van der Waals surface area contributed by atoms with E-state index in [1.54, 1.807) is 25.3 Å². The number of ether oxygens (including phenoxy) is 2. The number of halogens is 1. The summed E-state index contributed by atoms with van der Waals surface area (Å²) in [6.45, 7) is 3.02. The summed E-state index contributed by atoms with van der Waals surface area (Å²) < 4.78 is 10.9. The minimum absolute atomic E-state index is 0.00493. The summed E-state index contributed by atoms with van der Waals surface area (Å²) in [4.78, 5) is 14.7. The summed E-state index contributed by atoms with van der Waals surface area (Å²) in [7, 11) is 1.57. The fraction of sp³-hybridized carbons (Fsp3) is 0.318. The first kappa shape index (κ1) is 19.3. The predicted molar refractivity (Wildman–Crippen MR) is 108 cm³/mol. The van der Waals surface area contributed by atoms with Crippen LogP contribution in [0, 0.1) is 0 Å². The first-order valence-corrected chi connectivity index (χ1v) is 9.53. The molecule has 2 aromatic rings. The molecule has 0 aromatic heterocycles. The molecule has 4 nitrogen and oxygen atoms in total. The van der Waals surface area contributed by atoms with Gasteiger partial charge in [0, 0.05) is 18.7 Å². The Balaban J connectivity index is 1.75. The summed E-state index contributed by atoms with van der Waals surface area (Å²) in [6, 6.07) is 14.0. The van der Waals surface area contributed by atoms with Crippen molar-refractivity contribution in [3.8, 4) is 11.5 Å². The lowest BCUT2D eigenvalue weighted by atomic mass is 10.1. The van der Waals surface area contributed by atoms with E-state index in [0.29, 0.717) is 35.7 Å². The molecule has 0 heterocycles. The Morgan fingerprint density at radius 1 is 1.26 bits per heavy atom. The molecule has 0 atom stereocenters. The number of nitrogens with zero attached hydrogens (tertiary/aromatic N) is 1. The van der Waals surface area contributed by atoms with Crippen molar-refractivity contribution in [2.75, 3.05) is 13.7 Å². The van der Waals surface area contributed by atoms with E-state index in [2.05, 4.69) is 0 Å². The fourth-order valence-electron chi connectivity index (χ4n) is 2.94. The average Bonchev–Trinajstić information content (AvgIpc) is 3.52. The number of carbonyl (C=O) groups is 1. The summed E-state index contributed by atoms with van der Waals surface area (Å²) in [5.41, 5.74) is 1.93. The molecular weight excluding hydrogens is 362 g/mol. The first-order chi connectivity index (χ1) is 13.1. The van der Waals surface area contributed by atoms with Crippen molar-refractivity contribution in [2.24, 2.45) is 0 Å². The third kappa shape index (κ3) is 5.04. The van der Waals surface area contributed by atoms with Crippen molar-refractivity contribution in [3.63, 3.8) is 0 Å². The molecule has 1 aliphatic carbocycles. The van der Waals surface area contributed by atoms with Crippen molar-refractivity contribution < 1.29 is 14.3 Å². The molecule has 0 radical (unpaired) electrons. The van der Waals surface area contributed by atoms with Gasteiger partial charge in [0.1, 0.15) is 0 Å². The number of amides is 1. The summed E-state index contributed by atoms with van der Waals surface area (Å²) >= 11 is 6.30. The molecule has 0 spiro atoms. The zero-order valence-electron chi connectivity index (χ0n) is 15.7. The van der Waals surface area contributed by atoms with Crippen LogP contribution in [0.25, 0.3) is 6.08 Å². The predicted octanol–water partition coefficient (Wildman–Crippen LogP) is 4.95. The second kappa shape index (κ2) is 8.96. The van der Waals surface area contributed by atoms with Gasteiger partial charge < -0.3 is 14.4 Å². The lowest BCUT2D eigenvalue weighted by Gasteiger charge is -2.21. The van der Waals surface area contributed by atoms with Crippen molar-refractivity contribution in [1.29, 1.82) is 0 Å². The van der Waals surface area contributed by atoms with Crippen LogP contribution in [-0.2, 0) is 11.3 Å². The molecule has 0 bridgehead atoms. The van der Waals surface area contributed by atoms with Crippen LogP contribution in [-0.4, -0.2) is 30.6 Å². The molecule has 27 heavy (non-hydrogen) atoms. The van der Waals surface area contributed by atoms with Crippen molar-refractivity contribution in [1.82, 2.24) is 4.90 Å². The van der Waals surface area contributed by atoms with Crippen molar-refractivity contribution in [2.45, 2.75) is 32.4 Å². The molecule has 3 rings (SSSR count). The minimum Gasteiger partial charge on any atom is -0.493 e. The van der Waals surface area contributed by atoms with Crippen LogP contribution in [0.3, 0.4) is 0 Å². The van der Waals surface area contributed by atoms with Crippen LogP contribution in [0.2, 0.25) is 5.02 Å². The van der Waals surface area contributed by atoms with Gasteiger partial charge >= 0.3 is 0 Å². The minimum atomic E-state index is 0.00493. The molecule has 0 saturated heterocycles. The standard InChI is InChI=1S/C22H24ClNO3/c1-3-27-22-19(23)13-17(14-20(22)26-2)9-12-21(25)24(18-10-11-18)15-16-7-5-4-6-8-16/h4-9,12-14,18H,3,10-11,15H2,1-2H3/b12-9+. The molecule has 0 N–H and O–H groups in total. The molecule has 0 aliphatic heterocycles. The van der Waals surface area contributed by atoms with Gasteiger partial charge in [0.05, 0.1) is 18.7 Å². The summed E-state index contributed by atoms with van der Waals surface area (Å²) in [6.07, 6.45) is 5.50. The highest BCUT2D eigenvalue weighted by atomic mass is 35.5. The van der Waals surface area contributed by atoms with Crippen LogP contribution in [0.15, 0.2) is 48.5 Å². The van der Waals surface area contributed by atoms with E-state index in [9.17, 15) is 4.79 Å². The van der Waals surface area contributed by atoms with E-state index in [1.165, 1.54) is 0 Å².